The van der Waals surface area contributed by atoms with Crippen LogP contribution in [0, 0.1) is 10.8 Å². The number of thiazole rings is 1. The van der Waals surface area contributed by atoms with Crippen molar-refractivity contribution in [3.8, 4) is 11.3 Å². The Morgan fingerprint density at radius 3 is 2.74 bits per heavy atom. The third-order valence-electron chi connectivity index (χ3n) is 3.98. The van der Waals surface area contributed by atoms with E-state index in [2.05, 4.69) is 15.1 Å². The van der Waals surface area contributed by atoms with Crippen LogP contribution < -0.4 is 15.6 Å². The number of benzene rings is 1. The lowest BCUT2D eigenvalue weighted by Gasteiger charge is -2.24. The maximum Gasteiger partial charge on any atom is 0.334 e. The first kappa shape index (κ1) is 17.0. The highest BCUT2D eigenvalue weighted by atomic mass is 32.1. The fourth-order valence-corrected chi connectivity index (χ4v) is 3.61. The van der Waals surface area contributed by atoms with Gasteiger partial charge in [-0.15, -0.1) is 4.91 Å². The number of primary amides is 1. The van der Waals surface area contributed by atoms with Crippen LogP contribution in [0.4, 0.5) is 10.8 Å². The van der Waals surface area contributed by atoms with Crippen LogP contribution in [0.2, 0.25) is 0 Å². The molecule has 1 aliphatic heterocycles. The molecular weight excluding hydrogens is 316 g/mol. The smallest absolute Gasteiger partial charge is 0.334 e. The molecule has 0 atom stereocenters. The van der Waals surface area contributed by atoms with Crippen molar-refractivity contribution in [1.29, 1.82) is 0 Å². The molecule has 2 heterocycles. The lowest BCUT2D eigenvalue weighted by Crippen LogP contribution is -2.40. The highest BCUT2D eigenvalue weighted by Gasteiger charge is 2.29. The Labute approximate surface area is 137 Å². The number of amides is 1. The van der Waals surface area contributed by atoms with Gasteiger partial charge < -0.3 is 11.2 Å². The van der Waals surface area contributed by atoms with Gasteiger partial charge in [-0.3, -0.25) is 9.69 Å². The zero-order chi connectivity index (χ0) is 15.5. The van der Waals surface area contributed by atoms with Gasteiger partial charge in [0.05, 0.1) is 13.1 Å². The molecule has 1 aromatic heterocycles. The van der Waals surface area contributed by atoms with Crippen LogP contribution in [-0.4, -0.2) is 24.5 Å². The van der Waals surface area contributed by atoms with Gasteiger partial charge in [0.1, 0.15) is 11.4 Å². The highest BCUT2D eigenvalue weighted by molar-refractivity contribution is 7.13. The molecule has 8 heteroatoms. The van der Waals surface area contributed by atoms with E-state index >= 15 is 0 Å². The van der Waals surface area contributed by atoms with E-state index in [9.17, 15) is 9.70 Å². The lowest BCUT2D eigenvalue weighted by molar-refractivity contribution is -0.344. The predicted molar refractivity (Wildman–Crippen MR) is 87.8 cm³/mol. The number of piperidine rings is 1. The Hall–Kier alpha value is -2.32. The molecule has 1 aliphatic rings. The first-order valence-corrected chi connectivity index (χ1v) is 8.04. The van der Waals surface area contributed by atoms with Gasteiger partial charge in [-0.1, -0.05) is 23.5 Å². The second-order valence-corrected chi connectivity index (χ2v) is 6.24. The molecule has 0 saturated carbocycles. The van der Waals surface area contributed by atoms with Crippen molar-refractivity contribution in [3.63, 3.8) is 0 Å². The number of carbonyl (C=O) groups is 1. The van der Waals surface area contributed by atoms with Crippen molar-refractivity contribution in [2.24, 2.45) is 16.8 Å². The number of hydrogen-bond donors (Lipinski definition) is 1. The number of carbonyl (C=O) groups excluding carboxylic acids is 1. The van der Waals surface area contributed by atoms with Crippen LogP contribution in [0.1, 0.15) is 12.8 Å². The van der Waals surface area contributed by atoms with Crippen LogP contribution in [-0.2, 0) is 4.79 Å². The van der Waals surface area contributed by atoms with Crippen LogP contribution in [0.3, 0.4) is 0 Å². The summed E-state index contributed by atoms with van der Waals surface area (Å²) in [6.07, 6.45) is 1.59. The summed E-state index contributed by atoms with van der Waals surface area (Å²) in [5, 5.41) is 6.05. The summed E-state index contributed by atoms with van der Waals surface area (Å²) in [5.41, 5.74) is 7.68. The second-order valence-electron chi connectivity index (χ2n) is 5.38. The molecule has 3 rings (SSSR count). The Bertz CT molecular complexity index is 696. The number of nitrogens with two attached hydrogens (primary N) is 1. The average Bonchev–Trinajstić information content (AvgIpc) is 3.05. The zero-order valence-corrected chi connectivity index (χ0v) is 13.3. The number of aromatic amines is 1. The zero-order valence-electron chi connectivity index (χ0n) is 12.4. The molecule has 0 spiro atoms. The standard InChI is InChI=1S/C15H16N4O2S.H2O/c16-14(20)10-4-6-19(7-5-10)15-17-13(9-22-15)11-2-1-3-12(8-11)18-21;/h1-3,8-10H,4-7H2,(H2,16,20);1H2. The largest absolute Gasteiger partial charge is 0.870 e. The fourth-order valence-electron chi connectivity index (χ4n) is 2.68. The summed E-state index contributed by atoms with van der Waals surface area (Å²) in [7, 11) is 0. The fraction of sp³-hybridized carbons (Fsp3) is 0.333. The molecule has 1 amide bonds. The molecule has 1 aromatic carbocycles. The quantitative estimate of drug-likeness (QED) is 0.861. The average molecular weight is 334 g/mol. The Morgan fingerprint density at radius 1 is 1.35 bits per heavy atom. The van der Waals surface area contributed by atoms with E-state index in [4.69, 9.17) is 5.73 Å². The normalized spacial score (nSPS) is 15.0. The van der Waals surface area contributed by atoms with Crippen LogP contribution >= 0.6 is 11.3 Å². The molecule has 1 saturated heterocycles. The maximum absolute atomic E-state index is 11.2. The van der Waals surface area contributed by atoms with Crippen molar-refractivity contribution in [2.45, 2.75) is 12.8 Å². The number of anilines is 1. The molecule has 122 valence electrons. The van der Waals surface area contributed by atoms with Crippen LogP contribution in [0.15, 0.2) is 34.8 Å². The first-order valence-electron chi connectivity index (χ1n) is 7.16. The van der Waals surface area contributed by atoms with Crippen molar-refractivity contribution in [3.05, 3.63) is 34.6 Å². The van der Waals surface area contributed by atoms with Crippen molar-refractivity contribution >= 4 is 28.1 Å². The third kappa shape index (κ3) is 3.72. The molecule has 7 nitrogen and oxygen atoms in total. The van der Waals surface area contributed by atoms with Crippen molar-refractivity contribution < 1.29 is 15.3 Å². The minimum Gasteiger partial charge on any atom is -0.870 e. The van der Waals surface area contributed by atoms with E-state index in [1.54, 1.807) is 23.5 Å². The number of H-pyrrole nitrogens is 1. The molecule has 0 radical (unpaired) electrons. The van der Waals surface area contributed by atoms with Gasteiger partial charge in [0.15, 0.2) is 0 Å². The summed E-state index contributed by atoms with van der Waals surface area (Å²) in [5.74, 6) is -0.209. The lowest BCUT2D eigenvalue weighted by atomic mass is 9.97. The summed E-state index contributed by atoms with van der Waals surface area (Å²) in [6, 6.07) is 7.19. The Kier molecular flexibility index (Phi) is 5.41. The summed E-state index contributed by atoms with van der Waals surface area (Å²) < 4.78 is 0. The molecule has 4 N–H and O–H groups in total. The van der Waals surface area contributed by atoms with E-state index in [1.165, 1.54) is 0 Å². The Morgan fingerprint density at radius 2 is 2.09 bits per heavy atom. The molecule has 2 aromatic rings. The van der Waals surface area contributed by atoms with Gasteiger partial charge in [-0.05, 0) is 30.2 Å². The van der Waals surface area contributed by atoms with Crippen molar-refractivity contribution in [1.82, 2.24) is 0 Å². The molecule has 0 aliphatic carbocycles. The number of nitrogens with one attached hydrogen (secondary N) is 1. The predicted octanol–water partition coefficient (Wildman–Crippen LogP) is 2.15. The minimum atomic E-state index is -0.200. The van der Waals surface area contributed by atoms with Gasteiger partial charge in [0, 0.05) is 16.9 Å². The van der Waals surface area contributed by atoms with E-state index in [1.807, 2.05) is 17.5 Å². The minimum absolute atomic E-state index is 0. The van der Waals surface area contributed by atoms with E-state index in [0.29, 0.717) is 5.69 Å². The topological polar surface area (TPSA) is 120 Å². The number of nitroso groups, excluding NO2 is 1. The number of nitrogens with zero attached hydrogens (tertiary/aromatic N) is 2. The number of aromatic nitrogens is 1. The number of hydrogen-bond acceptors (Lipinski definition) is 6. The van der Waals surface area contributed by atoms with Gasteiger partial charge in [-0.25, -0.2) is 4.98 Å². The summed E-state index contributed by atoms with van der Waals surface area (Å²) in [6.45, 7) is 1.64. The van der Waals surface area contributed by atoms with E-state index in [0.717, 1.165) is 42.3 Å². The van der Waals surface area contributed by atoms with Gasteiger partial charge in [-0.2, -0.15) is 0 Å². The molecule has 23 heavy (non-hydrogen) atoms. The molecule has 1 fully saturated rings. The van der Waals surface area contributed by atoms with Gasteiger partial charge in [0.2, 0.25) is 5.91 Å². The van der Waals surface area contributed by atoms with Gasteiger partial charge >= 0.3 is 5.13 Å². The van der Waals surface area contributed by atoms with E-state index < -0.39 is 0 Å². The Balaban J connectivity index is 0.00000192. The highest BCUT2D eigenvalue weighted by Crippen LogP contribution is 2.28. The third-order valence-corrected chi connectivity index (χ3v) is 4.91. The summed E-state index contributed by atoms with van der Waals surface area (Å²) >= 11 is 1.62. The molecular formula is C15H18N4O3S. The van der Waals surface area contributed by atoms with Crippen LogP contribution in [0.5, 0.6) is 0 Å². The number of rotatable bonds is 4. The molecule has 0 unspecified atom stereocenters. The first-order chi connectivity index (χ1) is 10.7. The SMILES string of the molecule is NC(=O)C1CCN(c2[nH+]c(-c3cccc(N=O)c3)cs2)CC1.[OH-]. The van der Waals surface area contributed by atoms with Gasteiger partial charge in [0.25, 0.3) is 0 Å². The second kappa shape index (κ2) is 7.30. The van der Waals surface area contributed by atoms with Crippen molar-refractivity contribution in [2.75, 3.05) is 18.0 Å². The summed E-state index contributed by atoms with van der Waals surface area (Å²) in [4.78, 5) is 27.4. The molecule has 0 bridgehead atoms. The van der Waals surface area contributed by atoms with Crippen LogP contribution in [0.25, 0.3) is 11.3 Å². The monoisotopic (exact) mass is 334 g/mol. The van der Waals surface area contributed by atoms with E-state index in [-0.39, 0.29) is 17.3 Å². The maximum atomic E-state index is 11.2.